The summed E-state index contributed by atoms with van der Waals surface area (Å²) in [5.74, 6) is -0.0999. The summed E-state index contributed by atoms with van der Waals surface area (Å²) in [5.41, 5.74) is 2.37. The van der Waals surface area contributed by atoms with Gasteiger partial charge in [-0.15, -0.1) is 0 Å². The SMILES string of the molecule is C=C(C)CN(CC)CCC(=O)Nc1ccc([N+](=O)[O-])cc1C. The molecule has 0 spiro atoms. The summed E-state index contributed by atoms with van der Waals surface area (Å²) in [6, 6.07) is 4.41. The van der Waals surface area contributed by atoms with Crippen LogP contribution in [0.4, 0.5) is 11.4 Å². The molecule has 0 saturated heterocycles. The Kier molecular flexibility index (Phi) is 6.72. The highest BCUT2D eigenvalue weighted by Gasteiger charge is 2.11. The fraction of sp³-hybridized carbons (Fsp3) is 0.438. The Bertz CT molecular complexity index is 570. The number of nitro groups is 1. The van der Waals surface area contributed by atoms with E-state index < -0.39 is 4.92 Å². The molecule has 0 unspecified atom stereocenters. The minimum absolute atomic E-state index is 0.0223. The molecule has 0 saturated carbocycles. The number of likely N-dealkylation sites (N-methyl/N-ethyl adjacent to an activating group) is 1. The summed E-state index contributed by atoms with van der Waals surface area (Å²) < 4.78 is 0. The molecule has 6 nitrogen and oxygen atoms in total. The maximum absolute atomic E-state index is 12.0. The van der Waals surface area contributed by atoms with Gasteiger partial charge in [-0.2, -0.15) is 0 Å². The summed E-state index contributed by atoms with van der Waals surface area (Å²) in [6.07, 6.45) is 0.373. The van der Waals surface area contributed by atoms with Crippen LogP contribution in [-0.2, 0) is 4.79 Å². The number of non-ortho nitro benzene ring substituents is 1. The minimum Gasteiger partial charge on any atom is -0.326 e. The molecule has 0 bridgehead atoms. The van der Waals surface area contributed by atoms with E-state index in [1.54, 1.807) is 13.0 Å². The molecule has 0 radical (unpaired) electrons. The number of anilines is 1. The lowest BCUT2D eigenvalue weighted by molar-refractivity contribution is -0.384. The number of nitrogens with one attached hydrogen (secondary N) is 1. The number of carbonyl (C=O) groups is 1. The number of rotatable bonds is 8. The average Bonchev–Trinajstić information content (AvgIpc) is 2.45. The van der Waals surface area contributed by atoms with Gasteiger partial charge in [0.1, 0.15) is 0 Å². The fourth-order valence-corrected chi connectivity index (χ4v) is 2.10. The maximum atomic E-state index is 12.0. The lowest BCUT2D eigenvalue weighted by Crippen LogP contribution is -2.29. The van der Waals surface area contributed by atoms with E-state index in [1.807, 2.05) is 13.8 Å². The second kappa shape index (κ2) is 8.29. The van der Waals surface area contributed by atoms with E-state index in [9.17, 15) is 14.9 Å². The number of nitrogens with zero attached hydrogens (tertiary/aromatic N) is 2. The topological polar surface area (TPSA) is 75.5 Å². The lowest BCUT2D eigenvalue weighted by atomic mass is 10.1. The molecule has 120 valence electrons. The molecule has 1 N–H and O–H groups in total. The molecule has 0 fully saturated rings. The van der Waals surface area contributed by atoms with Crippen LogP contribution in [0.25, 0.3) is 0 Å². The quantitative estimate of drug-likeness (QED) is 0.455. The predicted octanol–water partition coefficient (Wildman–Crippen LogP) is 3.13. The van der Waals surface area contributed by atoms with Crippen LogP contribution in [0.2, 0.25) is 0 Å². The Hall–Kier alpha value is -2.21. The molecule has 6 heteroatoms. The van der Waals surface area contributed by atoms with E-state index in [1.165, 1.54) is 12.1 Å². The predicted molar refractivity (Wildman–Crippen MR) is 88.0 cm³/mol. The Morgan fingerprint density at radius 3 is 2.64 bits per heavy atom. The lowest BCUT2D eigenvalue weighted by Gasteiger charge is -2.20. The standard InChI is InChI=1S/C16H23N3O3/c1-5-18(11-12(2)3)9-8-16(20)17-15-7-6-14(19(21)22)10-13(15)4/h6-7,10H,2,5,8-9,11H2,1,3-4H3,(H,17,20). The number of hydrogen-bond acceptors (Lipinski definition) is 4. The molecule has 1 aromatic rings. The Balaban J connectivity index is 2.58. The van der Waals surface area contributed by atoms with Crippen molar-refractivity contribution in [2.45, 2.75) is 27.2 Å². The molecule has 0 heterocycles. The minimum atomic E-state index is -0.449. The maximum Gasteiger partial charge on any atom is 0.269 e. The van der Waals surface area contributed by atoms with E-state index in [-0.39, 0.29) is 11.6 Å². The summed E-state index contributed by atoms with van der Waals surface area (Å²) in [6.45, 7) is 11.9. The van der Waals surface area contributed by atoms with Gasteiger partial charge in [0.25, 0.3) is 5.69 Å². The number of aryl methyl sites for hydroxylation is 1. The molecular formula is C16H23N3O3. The van der Waals surface area contributed by atoms with Crippen LogP contribution < -0.4 is 5.32 Å². The molecule has 0 aliphatic carbocycles. The van der Waals surface area contributed by atoms with Crippen LogP contribution in [0.5, 0.6) is 0 Å². The van der Waals surface area contributed by atoms with Gasteiger partial charge in [-0.25, -0.2) is 0 Å². The van der Waals surface area contributed by atoms with Gasteiger partial charge < -0.3 is 5.32 Å². The molecule has 0 aromatic heterocycles. The highest BCUT2D eigenvalue weighted by atomic mass is 16.6. The first-order valence-corrected chi connectivity index (χ1v) is 7.25. The van der Waals surface area contributed by atoms with Crippen molar-refractivity contribution in [2.24, 2.45) is 0 Å². The van der Waals surface area contributed by atoms with Crippen molar-refractivity contribution in [3.8, 4) is 0 Å². The van der Waals surface area contributed by atoms with Crippen molar-refractivity contribution in [1.82, 2.24) is 4.90 Å². The largest absolute Gasteiger partial charge is 0.326 e. The van der Waals surface area contributed by atoms with Crippen LogP contribution >= 0.6 is 0 Å². The number of amides is 1. The summed E-state index contributed by atoms with van der Waals surface area (Å²) in [5, 5.41) is 13.5. The molecule has 0 atom stereocenters. The van der Waals surface area contributed by atoms with Gasteiger partial charge in [-0.05, 0) is 32.0 Å². The van der Waals surface area contributed by atoms with Crippen molar-refractivity contribution < 1.29 is 9.72 Å². The van der Waals surface area contributed by atoms with Gasteiger partial charge in [0, 0.05) is 37.3 Å². The van der Waals surface area contributed by atoms with Crippen LogP contribution in [0.3, 0.4) is 0 Å². The van der Waals surface area contributed by atoms with Gasteiger partial charge in [0.15, 0.2) is 0 Å². The third-order valence-electron chi connectivity index (χ3n) is 3.29. The van der Waals surface area contributed by atoms with Crippen molar-refractivity contribution in [1.29, 1.82) is 0 Å². The molecular weight excluding hydrogens is 282 g/mol. The van der Waals surface area contributed by atoms with Crippen LogP contribution in [0.1, 0.15) is 25.8 Å². The third-order valence-corrected chi connectivity index (χ3v) is 3.29. The first-order chi connectivity index (χ1) is 10.3. The van der Waals surface area contributed by atoms with Gasteiger partial charge in [0.2, 0.25) is 5.91 Å². The van der Waals surface area contributed by atoms with Gasteiger partial charge >= 0.3 is 0 Å². The van der Waals surface area contributed by atoms with Crippen molar-refractivity contribution in [2.75, 3.05) is 25.0 Å². The zero-order valence-electron chi connectivity index (χ0n) is 13.4. The van der Waals surface area contributed by atoms with Crippen LogP contribution in [0, 0.1) is 17.0 Å². The van der Waals surface area contributed by atoms with E-state index in [0.29, 0.717) is 24.2 Å². The second-order valence-corrected chi connectivity index (χ2v) is 5.38. The third kappa shape index (κ3) is 5.65. The number of nitro benzene ring substituents is 1. The molecule has 0 aliphatic heterocycles. The van der Waals surface area contributed by atoms with Gasteiger partial charge in [0.05, 0.1) is 4.92 Å². The van der Waals surface area contributed by atoms with Crippen molar-refractivity contribution in [3.63, 3.8) is 0 Å². The Morgan fingerprint density at radius 1 is 1.45 bits per heavy atom. The second-order valence-electron chi connectivity index (χ2n) is 5.38. The van der Waals surface area contributed by atoms with Crippen LogP contribution in [0.15, 0.2) is 30.4 Å². The molecule has 1 rings (SSSR count). The van der Waals surface area contributed by atoms with Crippen molar-refractivity contribution in [3.05, 3.63) is 46.0 Å². The Morgan fingerprint density at radius 2 is 2.14 bits per heavy atom. The van der Waals surface area contributed by atoms with E-state index in [0.717, 1.165) is 18.7 Å². The summed E-state index contributed by atoms with van der Waals surface area (Å²) in [4.78, 5) is 24.4. The first-order valence-electron chi connectivity index (χ1n) is 7.25. The zero-order chi connectivity index (χ0) is 16.7. The van der Waals surface area contributed by atoms with E-state index >= 15 is 0 Å². The normalized spacial score (nSPS) is 10.5. The van der Waals surface area contributed by atoms with Crippen molar-refractivity contribution >= 4 is 17.3 Å². The number of hydrogen-bond donors (Lipinski definition) is 1. The zero-order valence-corrected chi connectivity index (χ0v) is 13.4. The smallest absolute Gasteiger partial charge is 0.269 e. The monoisotopic (exact) mass is 305 g/mol. The highest BCUT2D eigenvalue weighted by molar-refractivity contribution is 5.91. The molecule has 22 heavy (non-hydrogen) atoms. The molecule has 1 amide bonds. The number of carbonyl (C=O) groups excluding carboxylic acids is 1. The van der Waals surface area contributed by atoms with Crippen LogP contribution in [-0.4, -0.2) is 35.4 Å². The Labute approximate surface area is 131 Å². The summed E-state index contributed by atoms with van der Waals surface area (Å²) in [7, 11) is 0. The molecule has 1 aromatic carbocycles. The highest BCUT2D eigenvalue weighted by Crippen LogP contribution is 2.21. The van der Waals surface area contributed by atoms with Gasteiger partial charge in [-0.3, -0.25) is 19.8 Å². The number of benzene rings is 1. The van der Waals surface area contributed by atoms with E-state index in [4.69, 9.17) is 0 Å². The fourth-order valence-electron chi connectivity index (χ4n) is 2.10. The summed E-state index contributed by atoms with van der Waals surface area (Å²) >= 11 is 0. The average molecular weight is 305 g/mol. The molecule has 0 aliphatic rings. The van der Waals surface area contributed by atoms with E-state index in [2.05, 4.69) is 16.8 Å². The van der Waals surface area contributed by atoms with Gasteiger partial charge in [-0.1, -0.05) is 19.1 Å². The first kappa shape index (κ1) is 17.8.